The van der Waals surface area contributed by atoms with Crippen molar-refractivity contribution >= 4 is 16.0 Å². The maximum absolute atomic E-state index is 12.5. The van der Waals surface area contributed by atoms with Crippen LogP contribution in [-0.4, -0.2) is 68.0 Å². The number of aliphatic imine (C=N–C) groups is 1. The van der Waals surface area contributed by atoms with Gasteiger partial charge in [0, 0.05) is 45.3 Å². The highest BCUT2D eigenvalue weighted by Gasteiger charge is 2.29. The molecule has 0 unspecified atom stereocenters. The molecule has 25 heavy (non-hydrogen) atoms. The molecule has 8 nitrogen and oxygen atoms in total. The minimum atomic E-state index is -3.36. The molecule has 0 spiro atoms. The average Bonchev–Trinajstić information content (AvgIpc) is 3.29. The van der Waals surface area contributed by atoms with Crippen molar-refractivity contribution in [3.8, 4) is 0 Å². The lowest BCUT2D eigenvalue weighted by atomic mass is 10.3. The van der Waals surface area contributed by atoms with Gasteiger partial charge in [-0.15, -0.1) is 0 Å². The van der Waals surface area contributed by atoms with Crippen molar-refractivity contribution in [2.24, 2.45) is 10.9 Å². The highest BCUT2D eigenvalue weighted by atomic mass is 32.2. The number of hydrogen-bond donors (Lipinski definition) is 1. The number of hydrogen-bond acceptors (Lipinski definition) is 5. The van der Waals surface area contributed by atoms with Crippen LogP contribution < -0.4 is 5.32 Å². The summed E-state index contributed by atoms with van der Waals surface area (Å²) in [7, 11) is -3.36. The zero-order chi connectivity index (χ0) is 17.7. The van der Waals surface area contributed by atoms with E-state index in [1.165, 1.54) is 23.4 Å². The number of rotatable bonds is 7. The lowest BCUT2D eigenvalue weighted by Crippen LogP contribution is -2.53. The highest BCUT2D eigenvalue weighted by Crippen LogP contribution is 2.32. The highest BCUT2D eigenvalue weighted by molar-refractivity contribution is 7.88. The van der Waals surface area contributed by atoms with E-state index in [1.807, 2.05) is 0 Å². The zero-order valence-electron chi connectivity index (χ0n) is 14.7. The Balaban J connectivity index is 1.53. The Hall–Kier alpha value is -1.61. The van der Waals surface area contributed by atoms with Gasteiger partial charge >= 0.3 is 0 Å². The van der Waals surface area contributed by atoms with Gasteiger partial charge in [0.1, 0.15) is 12.0 Å². The summed E-state index contributed by atoms with van der Waals surface area (Å²) >= 11 is 0. The Labute approximate surface area is 149 Å². The normalized spacial score (nSPS) is 20.0. The van der Waals surface area contributed by atoms with Crippen molar-refractivity contribution in [1.29, 1.82) is 0 Å². The number of aromatic nitrogens is 1. The lowest BCUT2D eigenvalue weighted by molar-refractivity contribution is 0.259. The summed E-state index contributed by atoms with van der Waals surface area (Å²) in [6, 6.07) is 1.59. The smallest absolute Gasteiger partial charge is 0.220 e. The molecule has 1 aliphatic heterocycles. The molecule has 1 aliphatic carbocycles. The van der Waals surface area contributed by atoms with Crippen LogP contribution in [0.25, 0.3) is 0 Å². The minimum absolute atomic E-state index is 0.112. The van der Waals surface area contributed by atoms with E-state index in [0.29, 0.717) is 31.9 Å². The Morgan fingerprint density at radius 3 is 2.72 bits per heavy atom. The van der Waals surface area contributed by atoms with Crippen molar-refractivity contribution in [2.45, 2.75) is 31.9 Å². The molecule has 1 saturated carbocycles. The maximum atomic E-state index is 12.5. The number of piperazine rings is 1. The Morgan fingerprint density at radius 1 is 1.36 bits per heavy atom. The Kier molecular flexibility index (Phi) is 5.95. The first kappa shape index (κ1) is 18.2. The molecule has 1 aromatic heterocycles. The second kappa shape index (κ2) is 8.18. The molecule has 0 radical (unpaired) electrons. The third-order valence-corrected chi connectivity index (χ3v) is 6.40. The molecule has 1 N–H and O–H groups in total. The van der Waals surface area contributed by atoms with Gasteiger partial charge in [-0.1, -0.05) is 18.0 Å². The van der Waals surface area contributed by atoms with Crippen LogP contribution in [-0.2, 0) is 15.8 Å². The summed E-state index contributed by atoms with van der Waals surface area (Å²) in [6.45, 7) is 5.93. The van der Waals surface area contributed by atoms with Crippen molar-refractivity contribution in [3.05, 3.63) is 18.0 Å². The molecule has 2 aliphatic rings. The average molecular weight is 369 g/mol. The SMILES string of the molecule is CCNC(=NCCC1CC1)N1CCN(S(=O)(=O)Cc2ccon2)CC1. The summed E-state index contributed by atoms with van der Waals surface area (Å²) in [5.74, 6) is 1.65. The third-order valence-electron chi connectivity index (χ3n) is 4.58. The van der Waals surface area contributed by atoms with Crippen LogP contribution in [0.3, 0.4) is 0 Å². The van der Waals surface area contributed by atoms with E-state index < -0.39 is 10.0 Å². The Bertz CT molecular complexity index is 662. The van der Waals surface area contributed by atoms with Crippen LogP contribution >= 0.6 is 0 Å². The second-order valence-electron chi connectivity index (χ2n) is 6.60. The molecule has 1 aromatic rings. The first-order valence-electron chi connectivity index (χ1n) is 8.99. The molecule has 0 amide bonds. The quantitative estimate of drug-likeness (QED) is 0.567. The fourth-order valence-corrected chi connectivity index (χ4v) is 4.38. The topological polar surface area (TPSA) is 91.0 Å². The fourth-order valence-electron chi connectivity index (χ4n) is 2.95. The molecule has 2 heterocycles. The minimum Gasteiger partial charge on any atom is -0.364 e. The monoisotopic (exact) mass is 369 g/mol. The molecule has 1 saturated heterocycles. The van der Waals surface area contributed by atoms with Gasteiger partial charge in [-0.3, -0.25) is 4.99 Å². The molecule has 140 valence electrons. The molecule has 0 bridgehead atoms. The predicted molar refractivity (Wildman–Crippen MR) is 95.6 cm³/mol. The summed E-state index contributed by atoms with van der Waals surface area (Å²) < 4.78 is 31.2. The van der Waals surface area contributed by atoms with Gasteiger partial charge < -0.3 is 14.7 Å². The van der Waals surface area contributed by atoms with Gasteiger partial charge in [-0.25, -0.2) is 8.42 Å². The van der Waals surface area contributed by atoms with Crippen LogP contribution in [0.2, 0.25) is 0 Å². The van der Waals surface area contributed by atoms with Gasteiger partial charge in [-0.2, -0.15) is 4.31 Å². The van der Waals surface area contributed by atoms with Crippen molar-refractivity contribution < 1.29 is 12.9 Å². The largest absolute Gasteiger partial charge is 0.364 e. The molecular weight excluding hydrogens is 342 g/mol. The fraction of sp³-hybridized carbons (Fsp3) is 0.750. The van der Waals surface area contributed by atoms with Crippen LogP contribution in [0, 0.1) is 5.92 Å². The molecule has 3 rings (SSSR count). The van der Waals surface area contributed by atoms with E-state index in [-0.39, 0.29) is 5.75 Å². The standard InChI is InChI=1S/C16H27N5O3S/c1-2-17-16(18-7-5-14-3-4-14)20-8-10-21(11-9-20)25(22,23)13-15-6-12-24-19-15/h6,12,14H,2-5,7-11,13H2,1H3,(H,17,18). The lowest BCUT2D eigenvalue weighted by Gasteiger charge is -2.35. The van der Waals surface area contributed by atoms with Crippen LogP contribution in [0.4, 0.5) is 0 Å². The first-order chi connectivity index (χ1) is 12.1. The van der Waals surface area contributed by atoms with Crippen LogP contribution in [0.5, 0.6) is 0 Å². The second-order valence-corrected chi connectivity index (χ2v) is 8.57. The summed E-state index contributed by atoms with van der Waals surface area (Å²) in [6.07, 6.45) is 5.23. The molecular formula is C16H27N5O3S. The summed E-state index contributed by atoms with van der Waals surface area (Å²) in [5, 5.41) is 7.02. The molecule has 0 aromatic carbocycles. The number of sulfonamides is 1. The number of nitrogens with one attached hydrogen (secondary N) is 1. The zero-order valence-corrected chi connectivity index (χ0v) is 15.5. The predicted octanol–water partition coefficient (Wildman–Crippen LogP) is 0.888. The molecule has 9 heteroatoms. The van der Waals surface area contributed by atoms with Gasteiger partial charge in [-0.05, 0) is 19.3 Å². The van der Waals surface area contributed by atoms with E-state index in [9.17, 15) is 8.42 Å². The number of nitrogens with zero attached hydrogens (tertiary/aromatic N) is 4. The van der Waals surface area contributed by atoms with E-state index in [1.54, 1.807) is 6.07 Å². The summed E-state index contributed by atoms with van der Waals surface area (Å²) in [5.41, 5.74) is 0.442. The molecule has 2 fully saturated rings. The maximum Gasteiger partial charge on any atom is 0.220 e. The van der Waals surface area contributed by atoms with Crippen LogP contribution in [0.1, 0.15) is 31.9 Å². The van der Waals surface area contributed by atoms with Crippen molar-refractivity contribution in [1.82, 2.24) is 19.7 Å². The van der Waals surface area contributed by atoms with E-state index >= 15 is 0 Å². The van der Waals surface area contributed by atoms with Crippen LogP contribution in [0.15, 0.2) is 21.8 Å². The molecule has 0 atom stereocenters. The number of guanidine groups is 1. The van der Waals surface area contributed by atoms with E-state index in [4.69, 9.17) is 9.52 Å². The van der Waals surface area contributed by atoms with Crippen molar-refractivity contribution in [3.63, 3.8) is 0 Å². The van der Waals surface area contributed by atoms with Gasteiger partial charge in [0.25, 0.3) is 0 Å². The van der Waals surface area contributed by atoms with E-state index in [0.717, 1.165) is 31.4 Å². The van der Waals surface area contributed by atoms with E-state index in [2.05, 4.69) is 22.3 Å². The van der Waals surface area contributed by atoms with Gasteiger partial charge in [0.15, 0.2) is 5.96 Å². The Morgan fingerprint density at radius 2 is 2.12 bits per heavy atom. The van der Waals surface area contributed by atoms with Gasteiger partial charge in [0.2, 0.25) is 10.0 Å². The van der Waals surface area contributed by atoms with Gasteiger partial charge in [0.05, 0.1) is 5.69 Å². The van der Waals surface area contributed by atoms with Crippen molar-refractivity contribution in [2.75, 3.05) is 39.3 Å². The first-order valence-corrected chi connectivity index (χ1v) is 10.6. The summed E-state index contributed by atoms with van der Waals surface area (Å²) in [4.78, 5) is 6.86. The third kappa shape index (κ3) is 5.18.